The van der Waals surface area contributed by atoms with Gasteiger partial charge in [0.1, 0.15) is 0 Å². The molecule has 0 saturated heterocycles. The molecule has 1 atom stereocenters. The Morgan fingerprint density at radius 1 is 1.30 bits per heavy atom. The number of aryl methyl sites for hydroxylation is 1. The summed E-state index contributed by atoms with van der Waals surface area (Å²) < 4.78 is 0. The monoisotopic (exact) mass is 278 g/mol. The third kappa shape index (κ3) is 5.01. The summed E-state index contributed by atoms with van der Waals surface area (Å²) >= 11 is 0. The van der Waals surface area contributed by atoms with Gasteiger partial charge in [-0.05, 0) is 25.0 Å². The van der Waals surface area contributed by atoms with Gasteiger partial charge in [-0.15, -0.1) is 0 Å². The third-order valence-electron chi connectivity index (χ3n) is 3.04. The Kier molecular flexibility index (Phi) is 6.18. The van der Waals surface area contributed by atoms with Gasteiger partial charge in [-0.1, -0.05) is 31.5 Å². The maximum Gasteiger partial charge on any atom is 0.251 e. The van der Waals surface area contributed by atoms with Gasteiger partial charge < -0.3 is 15.7 Å². The summed E-state index contributed by atoms with van der Waals surface area (Å²) in [5.74, 6) is -0.455. The van der Waals surface area contributed by atoms with Crippen molar-refractivity contribution in [3.8, 4) is 0 Å². The zero-order valence-electron chi connectivity index (χ0n) is 12.1. The van der Waals surface area contributed by atoms with Gasteiger partial charge in [-0.3, -0.25) is 9.59 Å². The SMILES string of the molecule is Cc1cccc(C(=O)NCC(=O)N[C@H](CO)C(C)C)c1. The lowest BCUT2D eigenvalue weighted by atomic mass is 10.1. The number of benzene rings is 1. The van der Waals surface area contributed by atoms with Gasteiger partial charge in [-0.2, -0.15) is 0 Å². The van der Waals surface area contributed by atoms with Crippen LogP contribution in [0.5, 0.6) is 0 Å². The minimum atomic E-state index is -0.307. The Labute approximate surface area is 119 Å². The Hall–Kier alpha value is -1.88. The fourth-order valence-electron chi connectivity index (χ4n) is 1.73. The molecule has 20 heavy (non-hydrogen) atoms. The van der Waals surface area contributed by atoms with Crippen molar-refractivity contribution in [1.29, 1.82) is 0 Å². The zero-order chi connectivity index (χ0) is 15.1. The van der Waals surface area contributed by atoms with Gasteiger partial charge in [-0.25, -0.2) is 0 Å². The molecular formula is C15H22N2O3. The van der Waals surface area contributed by atoms with Gasteiger partial charge >= 0.3 is 0 Å². The molecule has 0 aliphatic rings. The minimum absolute atomic E-state index is 0.101. The molecule has 0 bridgehead atoms. The van der Waals surface area contributed by atoms with E-state index in [0.29, 0.717) is 5.56 Å². The van der Waals surface area contributed by atoms with Crippen LogP contribution >= 0.6 is 0 Å². The first-order valence-electron chi connectivity index (χ1n) is 6.69. The quantitative estimate of drug-likeness (QED) is 0.722. The standard InChI is InChI=1S/C15H22N2O3/c1-10(2)13(9-18)17-14(19)8-16-15(20)12-6-4-5-11(3)7-12/h4-7,10,13,18H,8-9H2,1-3H3,(H,16,20)(H,17,19)/t13-/m1/s1. The van der Waals surface area contributed by atoms with E-state index in [2.05, 4.69) is 10.6 Å². The van der Waals surface area contributed by atoms with Gasteiger partial charge in [0.05, 0.1) is 19.2 Å². The maximum absolute atomic E-state index is 11.9. The number of carbonyl (C=O) groups excluding carboxylic acids is 2. The van der Waals surface area contributed by atoms with Crippen LogP contribution in [-0.4, -0.2) is 36.1 Å². The Morgan fingerprint density at radius 3 is 2.55 bits per heavy atom. The average Bonchev–Trinajstić information content (AvgIpc) is 2.41. The highest BCUT2D eigenvalue weighted by Gasteiger charge is 2.15. The van der Waals surface area contributed by atoms with Crippen LogP contribution < -0.4 is 10.6 Å². The first kappa shape index (κ1) is 16.2. The largest absolute Gasteiger partial charge is 0.394 e. The van der Waals surface area contributed by atoms with Crippen molar-refractivity contribution in [2.24, 2.45) is 5.92 Å². The number of carbonyl (C=O) groups is 2. The number of rotatable bonds is 6. The predicted octanol–water partition coefficient (Wildman–Crippen LogP) is 0.858. The summed E-state index contributed by atoms with van der Waals surface area (Å²) in [6, 6.07) is 6.87. The van der Waals surface area contributed by atoms with Gasteiger partial charge in [0, 0.05) is 5.56 Å². The minimum Gasteiger partial charge on any atom is -0.394 e. The van der Waals surface area contributed by atoms with Crippen LogP contribution in [0, 0.1) is 12.8 Å². The molecule has 0 radical (unpaired) electrons. The molecule has 1 aromatic carbocycles. The molecule has 0 aliphatic heterocycles. The Balaban J connectivity index is 2.47. The second-order valence-electron chi connectivity index (χ2n) is 5.15. The van der Waals surface area contributed by atoms with E-state index in [0.717, 1.165) is 5.56 Å². The molecule has 0 aliphatic carbocycles. The average molecular weight is 278 g/mol. The molecule has 0 unspecified atom stereocenters. The van der Waals surface area contributed by atoms with E-state index in [-0.39, 0.29) is 36.9 Å². The molecule has 2 amide bonds. The van der Waals surface area contributed by atoms with Crippen LogP contribution in [-0.2, 0) is 4.79 Å². The van der Waals surface area contributed by atoms with E-state index in [9.17, 15) is 9.59 Å². The molecule has 0 aromatic heterocycles. The van der Waals surface area contributed by atoms with E-state index in [1.165, 1.54) is 0 Å². The molecule has 1 rings (SSSR count). The predicted molar refractivity (Wildman–Crippen MR) is 77.4 cm³/mol. The summed E-state index contributed by atoms with van der Waals surface area (Å²) in [5, 5.41) is 14.4. The van der Waals surface area contributed by atoms with Crippen LogP contribution in [0.3, 0.4) is 0 Å². The molecule has 3 N–H and O–H groups in total. The third-order valence-corrected chi connectivity index (χ3v) is 3.04. The van der Waals surface area contributed by atoms with E-state index in [1.807, 2.05) is 26.8 Å². The highest BCUT2D eigenvalue weighted by atomic mass is 16.3. The molecule has 110 valence electrons. The van der Waals surface area contributed by atoms with Crippen molar-refractivity contribution in [2.75, 3.05) is 13.2 Å². The smallest absolute Gasteiger partial charge is 0.251 e. The topological polar surface area (TPSA) is 78.4 Å². The highest BCUT2D eigenvalue weighted by molar-refractivity contribution is 5.96. The Bertz CT molecular complexity index is 472. The fourth-order valence-corrected chi connectivity index (χ4v) is 1.73. The van der Waals surface area contributed by atoms with Crippen LogP contribution in [0.15, 0.2) is 24.3 Å². The second-order valence-corrected chi connectivity index (χ2v) is 5.15. The molecule has 0 fully saturated rings. The van der Waals surface area contributed by atoms with Crippen LogP contribution in [0.1, 0.15) is 29.8 Å². The number of aliphatic hydroxyl groups excluding tert-OH is 1. The fraction of sp³-hybridized carbons (Fsp3) is 0.467. The van der Waals surface area contributed by atoms with Crippen LogP contribution in [0.2, 0.25) is 0 Å². The molecule has 1 aromatic rings. The van der Waals surface area contributed by atoms with E-state index >= 15 is 0 Å². The van der Waals surface area contributed by atoms with Crippen molar-refractivity contribution in [3.05, 3.63) is 35.4 Å². The summed E-state index contributed by atoms with van der Waals surface area (Å²) in [6.07, 6.45) is 0. The lowest BCUT2D eigenvalue weighted by Gasteiger charge is -2.19. The van der Waals surface area contributed by atoms with E-state index in [1.54, 1.807) is 18.2 Å². The first-order chi connectivity index (χ1) is 9.43. The first-order valence-corrected chi connectivity index (χ1v) is 6.69. The van der Waals surface area contributed by atoms with Crippen LogP contribution in [0.4, 0.5) is 0 Å². The molecule has 0 saturated carbocycles. The van der Waals surface area contributed by atoms with Crippen molar-refractivity contribution < 1.29 is 14.7 Å². The summed E-state index contributed by atoms with van der Waals surface area (Å²) in [7, 11) is 0. The van der Waals surface area contributed by atoms with Gasteiger partial charge in [0.15, 0.2) is 0 Å². The molecule has 5 nitrogen and oxygen atoms in total. The van der Waals surface area contributed by atoms with Gasteiger partial charge in [0.2, 0.25) is 5.91 Å². The lowest BCUT2D eigenvalue weighted by molar-refractivity contribution is -0.121. The highest BCUT2D eigenvalue weighted by Crippen LogP contribution is 2.03. The molecule has 0 spiro atoms. The molecular weight excluding hydrogens is 256 g/mol. The van der Waals surface area contributed by atoms with Gasteiger partial charge in [0.25, 0.3) is 5.91 Å². The number of hydrogen-bond acceptors (Lipinski definition) is 3. The summed E-state index contributed by atoms with van der Waals surface area (Å²) in [6.45, 7) is 5.50. The lowest BCUT2D eigenvalue weighted by Crippen LogP contribution is -2.45. The van der Waals surface area contributed by atoms with Crippen molar-refractivity contribution in [1.82, 2.24) is 10.6 Å². The number of amides is 2. The number of nitrogens with one attached hydrogen (secondary N) is 2. The zero-order valence-corrected chi connectivity index (χ0v) is 12.1. The van der Waals surface area contributed by atoms with E-state index in [4.69, 9.17) is 5.11 Å². The number of aliphatic hydroxyl groups is 1. The maximum atomic E-state index is 11.9. The van der Waals surface area contributed by atoms with Crippen molar-refractivity contribution in [3.63, 3.8) is 0 Å². The molecule has 0 heterocycles. The van der Waals surface area contributed by atoms with Crippen LogP contribution in [0.25, 0.3) is 0 Å². The molecule has 5 heteroatoms. The van der Waals surface area contributed by atoms with E-state index < -0.39 is 0 Å². The summed E-state index contributed by atoms with van der Waals surface area (Å²) in [5.41, 5.74) is 1.52. The van der Waals surface area contributed by atoms with Crippen molar-refractivity contribution >= 4 is 11.8 Å². The second kappa shape index (κ2) is 7.65. The van der Waals surface area contributed by atoms with Crippen molar-refractivity contribution in [2.45, 2.75) is 26.8 Å². The summed E-state index contributed by atoms with van der Waals surface area (Å²) in [4.78, 5) is 23.5. The normalized spacial score (nSPS) is 12.1. The Morgan fingerprint density at radius 2 is 2.00 bits per heavy atom. The number of hydrogen-bond donors (Lipinski definition) is 3.